The van der Waals surface area contributed by atoms with E-state index in [0.717, 1.165) is 48.7 Å². The predicted molar refractivity (Wildman–Crippen MR) is 177 cm³/mol. The van der Waals surface area contributed by atoms with Gasteiger partial charge in [0.2, 0.25) is 11.8 Å². The van der Waals surface area contributed by atoms with E-state index >= 15 is 0 Å². The number of piperazine rings is 2. The van der Waals surface area contributed by atoms with Crippen LogP contribution < -0.4 is 5.32 Å². The second kappa shape index (κ2) is 16.7. The fourth-order valence-electron chi connectivity index (χ4n) is 5.04. The molecule has 256 valence electrons. The van der Waals surface area contributed by atoms with Crippen molar-refractivity contribution in [2.45, 2.75) is 39.2 Å². The monoisotopic (exact) mass is 680 g/mol. The summed E-state index contributed by atoms with van der Waals surface area (Å²) in [6.45, 7) is 10.9. The average Bonchev–Trinajstić information content (AvgIpc) is 3.81. The van der Waals surface area contributed by atoms with Crippen LogP contribution in [0.3, 0.4) is 0 Å². The van der Waals surface area contributed by atoms with E-state index in [-0.39, 0.29) is 30.3 Å². The molecule has 48 heavy (non-hydrogen) atoms. The Morgan fingerprint density at radius 3 is 1.48 bits per heavy atom. The number of rotatable bonds is 6. The Hall–Kier alpha value is -4.96. The molecule has 17 heteroatoms. The van der Waals surface area contributed by atoms with Crippen molar-refractivity contribution in [2.24, 2.45) is 0 Å². The van der Waals surface area contributed by atoms with Crippen molar-refractivity contribution in [3.63, 3.8) is 0 Å². The summed E-state index contributed by atoms with van der Waals surface area (Å²) in [7, 11) is 0. The highest BCUT2D eigenvalue weighted by Gasteiger charge is 2.27. The molecular formula is C31H41ClN12O4. The molecule has 2 saturated heterocycles. The molecule has 0 atom stereocenters. The minimum Gasteiger partial charge on any atom is -0.444 e. The Morgan fingerprint density at radius 2 is 1.08 bits per heavy atom. The van der Waals surface area contributed by atoms with E-state index in [0.29, 0.717) is 39.0 Å². The molecule has 0 unspecified atom stereocenters. The summed E-state index contributed by atoms with van der Waals surface area (Å²) in [5, 5.41) is 25.3. The maximum absolute atomic E-state index is 12.5. The molecule has 2 aromatic carbocycles. The largest absolute Gasteiger partial charge is 0.444 e. The van der Waals surface area contributed by atoms with Crippen LogP contribution in [0.2, 0.25) is 0 Å². The third kappa shape index (κ3) is 10.3. The lowest BCUT2D eigenvalue weighted by Gasteiger charge is -2.35. The number of amides is 3. The fraction of sp³-hybridized carbons (Fsp3) is 0.452. The second-order valence-electron chi connectivity index (χ2n) is 12.2. The molecule has 3 amide bonds. The van der Waals surface area contributed by atoms with Crippen LogP contribution in [0.25, 0.3) is 11.4 Å². The lowest BCUT2D eigenvalue weighted by atomic mass is 10.1. The van der Waals surface area contributed by atoms with Gasteiger partial charge in [-0.15, -0.1) is 22.6 Å². The number of hydrogen-bond donors (Lipinski definition) is 1. The number of ether oxygens (including phenoxy) is 1. The lowest BCUT2D eigenvalue weighted by molar-refractivity contribution is -0.132. The molecule has 0 radical (unpaired) electrons. The Kier molecular flexibility index (Phi) is 12.5. The number of carbonyl (C=O) groups excluding carboxylic acids is 3. The number of benzene rings is 2. The minimum absolute atomic E-state index is 0. The van der Waals surface area contributed by atoms with Gasteiger partial charge >= 0.3 is 6.09 Å². The average molecular weight is 681 g/mol. The van der Waals surface area contributed by atoms with Crippen molar-refractivity contribution in [3.05, 3.63) is 72.3 Å². The van der Waals surface area contributed by atoms with E-state index in [2.05, 4.69) is 36.4 Å². The van der Waals surface area contributed by atoms with Crippen LogP contribution >= 0.6 is 12.4 Å². The number of tetrazole rings is 2. The van der Waals surface area contributed by atoms with Crippen molar-refractivity contribution in [2.75, 3.05) is 52.4 Å². The first-order chi connectivity index (χ1) is 22.6. The summed E-state index contributed by atoms with van der Waals surface area (Å²) >= 11 is 0. The van der Waals surface area contributed by atoms with Gasteiger partial charge in [0, 0.05) is 52.4 Å². The van der Waals surface area contributed by atoms with Crippen molar-refractivity contribution < 1.29 is 19.1 Å². The predicted octanol–water partition coefficient (Wildman–Crippen LogP) is 1.34. The van der Waals surface area contributed by atoms with Gasteiger partial charge in [0.15, 0.2) is 0 Å². The van der Waals surface area contributed by atoms with Gasteiger partial charge in [-0.25, -0.2) is 14.2 Å². The van der Waals surface area contributed by atoms with Crippen LogP contribution in [0, 0.1) is 0 Å². The molecule has 0 saturated carbocycles. The van der Waals surface area contributed by atoms with Gasteiger partial charge in [-0.2, -0.15) is 0 Å². The van der Waals surface area contributed by atoms with Crippen molar-refractivity contribution in [3.8, 4) is 11.4 Å². The van der Waals surface area contributed by atoms with Crippen LogP contribution in [-0.2, 0) is 27.2 Å². The van der Waals surface area contributed by atoms with Gasteiger partial charge in [0.1, 0.15) is 18.3 Å². The number of aromatic nitrogens is 8. The third-order valence-corrected chi connectivity index (χ3v) is 7.56. The molecule has 0 bridgehead atoms. The van der Waals surface area contributed by atoms with E-state index in [1.165, 1.54) is 6.33 Å². The Balaban J connectivity index is 0.000000221. The molecule has 16 nitrogen and oxygen atoms in total. The standard InChI is InChI=1S/C18H24N6O3.C13H16N6O.ClH/c1-18(2,3)27-17(26)23-10-8-22(9-11-23)16(25)12-14-4-6-15(7-5-14)24-13-19-20-21-24;20-13(18-7-5-14-6-8-18)9-11-1-3-12(4-2-11)19-10-15-16-17-19;/h4-7,13H,8-12H2,1-3H3;1-4,10,14H,5-9H2;1H. The Morgan fingerprint density at radius 1 is 0.667 bits per heavy atom. The van der Waals surface area contributed by atoms with Gasteiger partial charge in [-0.3, -0.25) is 9.59 Å². The number of hydrogen-bond acceptors (Lipinski definition) is 11. The molecule has 4 aromatic rings. The summed E-state index contributed by atoms with van der Waals surface area (Å²) in [6.07, 6.45) is 3.50. The van der Waals surface area contributed by atoms with Crippen molar-refractivity contribution >= 4 is 30.3 Å². The number of nitrogens with zero attached hydrogens (tertiary/aromatic N) is 11. The summed E-state index contributed by atoms with van der Waals surface area (Å²) in [4.78, 5) is 42.1. The van der Waals surface area contributed by atoms with Gasteiger partial charge in [0.25, 0.3) is 0 Å². The minimum atomic E-state index is -0.515. The smallest absolute Gasteiger partial charge is 0.410 e. The molecule has 2 aliphatic rings. The number of halogens is 1. The second-order valence-corrected chi connectivity index (χ2v) is 12.2. The fourth-order valence-corrected chi connectivity index (χ4v) is 5.04. The summed E-state index contributed by atoms with van der Waals surface area (Å²) in [6, 6.07) is 15.2. The molecule has 2 fully saturated rings. The first-order valence-corrected chi connectivity index (χ1v) is 15.5. The zero-order valence-electron chi connectivity index (χ0n) is 27.3. The van der Waals surface area contributed by atoms with Crippen LogP contribution in [0.5, 0.6) is 0 Å². The van der Waals surface area contributed by atoms with Crippen LogP contribution in [-0.4, -0.2) is 131 Å². The number of carbonyl (C=O) groups is 3. The SMILES string of the molecule is CC(C)(C)OC(=O)N1CCN(C(=O)Cc2ccc(-n3cnnn3)cc2)CC1.Cl.O=C(Cc1ccc(-n2cnnn2)cc1)N1CCNCC1. The van der Waals surface area contributed by atoms with E-state index < -0.39 is 5.60 Å². The molecule has 1 N–H and O–H groups in total. The maximum Gasteiger partial charge on any atom is 0.410 e. The molecule has 0 aliphatic carbocycles. The highest BCUT2D eigenvalue weighted by Crippen LogP contribution is 2.14. The zero-order valence-corrected chi connectivity index (χ0v) is 28.1. The summed E-state index contributed by atoms with van der Waals surface area (Å²) < 4.78 is 8.52. The Labute approximate surface area is 284 Å². The van der Waals surface area contributed by atoms with Gasteiger partial charge in [-0.05, 0) is 77.0 Å². The zero-order chi connectivity index (χ0) is 33.2. The third-order valence-electron chi connectivity index (χ3n) is 7.56. The van der Waals surface area contributed by atoms with E-state index in [4.69, 9.17) is 4.74 Å². The first kappa shape index (κ1) is 35.9. The van der Waals surface area contributed by atoms with Gasteiger partial charge in [0.05, 0.1) is 24.2 Å². The van der Waals surface area contributed by atoms with Gasteiger partial charge in [-0.1, -0.05) is 24.3 Å². The highest BCUT2D eigenvalue weighted by molar-refractivity contribution is 5.85. The molecule has 4 heterocycles. The molecule has 2 aromatic heterocycles. The lowest BCUT2D eigenvalue weighted by Crippen LogP contribution is -2.51. The van der Waals surface area contributed by atoms with Gasteiger partial charge < -0.3 is 24.8 Å². The van der Waals surface area contributed by atoms with Crippen molar-refractivity contribution in [1.29, 1.82) is 0 Å². The van der Waals surface area contributed by atoms with E-state index in [1.54, 1.807) is 25.5 Å². The summed E-state index contributed by atoms with van der Waals surface area (Å²) in [5.74, 6) is 0.232. The van der Waals surface area contributed by atoms with E-state index in [9.17, 15) is 14.4 Å². The van der Waals surface area contributed by atoms with E-state index in [1.807, 2.05) is 74.2 Å². The van der Waals surface area contributed by atoms with Crippen molar-refractivity contribution in [1.82, 2.24) is 60.4 Å². The molecule has 6 rings (SSSR count). The number of nitrogens with one attached hydrogen (secondary N) is 1. The maximum atomic E-state index is 12.5. The van der Waals surface area contributed by atoms with Crippen LogP contribution in [0.4, 0.5) is 4.79 Å². The van der Waals surface area contributed by atoms with Crippen LogP contribution in [0.15, 0.2) is 61.2 Å². The molecular weight excluding hydrogens is 640 g/mol. The topological polar surface area (TPSA) is 169 Å². The highest BCUT2D eigenvalue weighted by atomic mass is 35.5. The Bertz CT molecular complexity index is 1580. The quantitative estimate of drug-likeness (QED) is 0.312. The molecule has 0 spiro atoms. The van der Waals surface area contributed by atoms with Crippen LogP contribution in [0.1, 0.15) is 31.9 Å². The first-order valence-electron chi connectivity index (χ1n) is 15.5. The summed E-state index contributed by atoms with van der Waals surface area (Å²) in [5.41, 5.74) is 3.13. The molecule has 2 aliphatic heterocycles. The normalized spacial score (nSPS) is 14.8.